The molecule has 6 aromatic rings. The quantitative estimate of drug-likeness (QED) is 0.0977. The van der Waals surface area contributed by atoms with Gasteiger partial charge < -0.3 is 18.9 Å². The molecular weight excluding hydrogens is 992 g/mol. The van der Waals surface area contributed by atoms with Gasteiger partial charge >= 0.3 is 23.9 Å². The summed E-state index contributed by atoms with van der Waals surface area (Å²) < 4.78 is 23.3. The van der Waals surface area contributed by atoms with Gasteiger partial charge in [-0.15, -0.1) is 6.42 Å². The summed E-state index contributed by atoms with van der Waals surface area (Å²) in [5.74, 6) is 21.7. The number of terminal acetylenes is 1. The minimum Gasteiger partial charge on any atom is -0.427 e. The number of hydrogen-bond acceptors (Lipinski definition) is 8. The Kier molecular flexibility index (Phi) is 19.2. The van der Waals surface area contributed by atoms with Crippen LogP contribution in [0.3, 0.4) is 0 Å². The lowest BCUT2D eigenvalue weighted by molar-refractivity contribution is -0.132. The highest BCUT2D eigenvalue weighted by Gasteiger charge is 2.02. The van der Waals surface area contributed by atoms with Gasteiger partial charge in [-0.05, 0) is 133 Å². The van der Waals surface area contributed by atoms with Crippen molar-refractivity contribution in [1.29, 1.82) is 0 Å². The van der Waals surface area contributed by atoms with Crippen molar-refractivity contribution in [2.75, 3.05) is 0 Å². The van der Waals surface area contributed by atoms with Crippen molar-refractivity contribution in [1.82, 2.24) is 0 Å². The molecule has 0 saturated carbocycles. The number of carbonyl (C=O) groups excluding carboxylic acids is 4. The topological polar surface area (TPSA) is 105 Å². The van der Waals surface area contributed by atoms with Crippen LogP contribution in [0.1, 0.15) is 66.6 Å². The lowest BCUT2D eigenvalue weighted by Gasteiger charge is -2.01. The fourth-order valence-electron chi connectivity index (χ4n) is 4.90. The van der Waals surface area contributed by atoms with Gasteiger partial charge in [-0.1, -0.05) is 89.2 Å². The number of benzene rings is 6. The van der Waals surface area contributed by atoms with E-state index >= 15 is 0 Å². The molecule has 0 N–H and O–H groups in total. The minimum absolute atomic E-state index is 0.330. The van der Waals surface area contributed by atoms with E-state index in [1.165, 1.54) is 27.7 Å². The van der Waals surface area contributed by atoms with Gasteiger partial charge in [0.25, 0.3) is 0 Å². The molecule has 0 unspecified atom stereocenters. The van der Waals surface area contributed by atoms with Crippen molar-refractivity contribution in [3.05, 3.63) is 186 Å². The lowest BCUT2D eigenvalue weighted by atomic mass is 10.0. The first-order chi connectivity index (χ1) is 30.1. The van der Waals surface area contributed by atoms with Crippen molar-refractivity contribution in [3.63, 3.8) is 0 Å². The fourth-order valence-corrected chi connectivity index (χ4v) is 7.30. The third-order valence-electron chi connectivity index (χ3n) is 7.44. The molecule has 63 heavy (non-hydrogen) atoms. The molecule has 312 valence electrons. The van der Waals surface area contributed by atoms with Gasteiger partial charge in [-0.2, -0.15) is 0 Å². The first-order valence-corrected chi connectivity index (χ1v) is 20.9. The number of rotatable bonds is 4. The maximum Gasteiger partial charge on any atom is 0.308 e. The number of hydrogen-bond donors (Lipinski definition) is 0. The Morgan fingerprint density at radius 2 is 0.556 bits per heavy atom. The van der Waals surface area contributed by atoms with Crippen molar-refractivity contribution >= 4 is 71.7 Å². The molecule has 0 aromatic heterocycles. The SMILES string of the molecule is Brc1cc(Br)cc(Br)c1.C#Cc1ccc(OC(C)=O)cc1.CC(=O)Oc1ccc(C#Cc2cc(C#Cc3ccc(OC(C)=O)cc3)cc(C#Cc3ccc(OC(C)=O)cc3)c2)cc1. The zero-order chi connectivity index (χ0) is 45.7. The largest absolute Gasteiger partial charge is 0.427 e. The van der Waals surface area contributed by atoms with Crippen LogP contribution in [0.5, 0.6) is 23.0 Å². The molecule has 0 heterocycles. The summed E-state index contributed by atoms with van der Waals surface area (Å²) in [6, 6.07) is 39.1. The average molecular weight is 1030 g/mol. The molecule has 0 bridgehead atoms. The molecule has 0 aliphatic heterocycles. The van der Waals surface area contributed by atoms with Crippen LogP contribution in [0.25, 0.3) is 0 Å². The Balaban J connectivity index is 0.000000336. The van der Waals surface area contributed by atoms with E-state index in [1.807, 2.05) is 36.4 Å². The number of halogens is 3. The third kappa shape index (κ3) is 19.0. The highest BCUT2D eigenvalue weighted by molar-refractivity contribution is 9.11. The van der Waals surface area contributed by atoms with Crippen molar-refractivity contribution in [3.8, 4) is 70.9 Å². The van der Waals surface area contributed by atoms with Gasteiger partial charge in [0.1, 0.15) is 23.0 Å². The van der Waals surface area contributed by atoms with Crippen LogP contribution >= 0.6 is 47.8 Å². The van der Waals surface area contributed by atoms with E-state index < -0.39 is 0 Å². The summed E-state index contributed by atoms with van der Waals surface area (Å²) in [6.45, 7) is 5.40. The van der Waals surface area contributed by atoms with Crippen molar-refractivity contribution in [2.45, 2.75) is 27.7 Å². The smallest absolute Gasteiger partial charge is 0.308 e. The lowest BCUT2D eigenvalue weighted by Crippen LogP contribution is -2.00. The van der Waals surface area contributed by atoms with Crippen molar-refractivity contribution in [2.24, 2.45) is 0 Å². The fraction of sp³-hybridized carbons (Fsp3) is 0.0769. The van der Waals surface area contributed by atoms with Crippen LogP contribution in [0.15, 0.2) is 147 Å². The summed E-state index contributed by atoms with van der Waals surface area (Å²) in [4.78, 5) is 44.0. The molecule has 6 aromatic carbocycles. The van der Waals surface area contributed by atoms with E-state index in [-0.39, 0.29) is 23.9 Å². The predicted octanol–water partition coefficient (Wildman–Crippen LogP) is 11.2. The van der Waals surface area contributed by atoms with Crippen LogP contribution in [0.4, 0.5) is 0 Å². The Bertz CT molecular complexity index is 2550. The maximum atomic E-state index is 11.2. The van der Waals surface area contributed by atoms with Gasteiger partial charge in [0.05, 0.1) is 0 Å². The Morgan fingerprint density at radius 3 is 0.762 bits per heavy atom. The Hall–Kier alpha value is -7.12. The van der Waals surface area contributed by atoms with E-state index in [4.69, 9.17) is 25.4 Å². The molecule has 0 spiro atoms. The first-order valence-electron chi connectivity index (χ1n) is 18.6. The predicted molar refractivity (Wildman–Crippen MR) is 253 cm³/mol. The van der Waals surface area contributed by atoms with E-state index in [0.717, 1.165) is 35.7 Å². The molecule has 0 radical (unpaired) electrons. The van der Waals surface area contributed by atoms with Crippen LogP contribution < -0.4 is 18.9 Å². The molecule has 6 rings (SSSR count). The third-order valence-corrected chi connectivity index (χ3v) is 8.82. The highest BCUT2D eigenvalue weighted by atomic mass is 79.9. The average Bonchev–Trinajstić information content (AvgIpc) is 3.22. The molecule has 0 fully saturated rings. The maximum absolute atomic E-state index is 11.2. The second kappa shape index (κ2) is 25.0. The van der Waals surface area contributed by atoms with Gasteiger partial charge in [0, 0.05) is 80.1 Å². The highest BCUT2D eigenvalue weighted by Crippen LogP contribution is 2.23. The molecule has 11 heteroatoms. The summed E-state index contributed by atoms with van der Waals surface area (Å²) >= 11 is 10.1. The molecule has 0 amide bonds. The Morgan fingerprint density at radius 1 is 0.349 bits per heavy atom. The van der Waals surface area contributed by atoms with Crippen LogP contribution in [0.2, 0.25) is 0 Å². The van der Waals surface area contributed by atoms with E-state index in [0.29, 0.717) is 39.7 Å². The van der Waals surface area contributed by atoms with Gasteiger partial charge in [-0.25, -0.2) is 0 Å². The molecule has 0 atom stereocenters. The summed E-state index contributed by atoms with van der Waals surface area (Å²) in [7, 11) is 0. The second-order valence-electron chi connectivity index (χ2n) is 12.8. The number of esters is 4. The molecule has 8 nitrogen and oxygen atoms in total. The minimum atomic E-state index is -0.388. The normalized spacial score (nSPS) is 9.37. The van der Waals surface area contributed by atoms with Gasteiger partial charge in [0.15, 0.2) is 0 Å². The van der Waals surface area contributed by atoms with Crippen LogP contribution in [-0.2, 0) is 19.2 Å². The van der Waals surface area contributed by atoms with Gasteiger partial charge in [0.2, 0.25) is 0 Å². The van der Waals surface area contributed by atoms with Crippen molar-refractivity contribution < 1.29 is 38.1 Å². The summed E-state index contributed by atoms with van der Waals surface area (Å²) in [5.41, 5.74) is 5.15. The van der Waals surface area contributed by atoms with Gasteiger partial charge in [-0.3, -0.25) is 19.2 Å². The second-order valence-corrected chi connectivity index (χ2v) is 15.5. The Labute approximate surface area is 391 Å². The standard InChI is InChI=1S/C36H24O6.C10H8O2.C6H3Br3/c1-25(37)40-34-16-10-28(11-17-34)4-7-31-22-32(8-5-29-12-18-35(19-13-29)41-26(2)38)24-33(23-31)9-6-30-14-20-36(21-15-30)42-27(3)39;1-3-9-4-6-10(7-5-9)12-8(2)11;7-4-1-5(8)3-6(9)2-4/h10-24H,1-3H3;1,4-7H,2H3;1-3H. The molecule has 0 aliphatic rings. The van der Waals surface area contributed by atoms with Crippen LogP contribution in [0, 0.1) is 47.9 Å². The number of ether oxygens (including phenoxy) is 4. The summed E-state index contributed by atoms with van der Waals surface area (Å²) in [6.07, 6.45) is 5.14. The monoisotopic (exact) mass is 1020 g/mol. The van der Waals surface area contributed by atoms with E-state index in [1.54, 1.807) is 97.1 Å². The van der Waals surface area contributed by atoms with Crippen LogP contribution in [-0.4, -0.2) is 23.9 Å². The van der Waals surface area contributed by atoms with E-state index in [9.17, 15) is 19.2 Å². The molecular formula is C52H35Br3O8. The molecule has 0 aliphatic carbocycles. The summed E-state index contributed by atoms with van der Waals surface area (Å²) in [5, 5.41) is 0. The molecule has 0 saturated heterocycles. The zero-order valence-corrected chi connectivity index (χ0v) is 38.9. The van der Waals surface area contributed by atoms with E-state index in [2.05, 4.69) is 89.2 Å². The first kappa shape index (κ1) is 48.5. The zero-order valence-electron chi connectivity index (χ0n) is 34.2. The number of carbonyl (C=O) groups is 4.